The van der Waals surface area contributed by atoms with Gasteiger partial charge in [-0.2, -0.15) is 0 Å². The second kappa shape index (κ2) is 12.1. The molecule has 0 aliphatic carbocycles. The Balaban J connectivity index is 1.39. The summed E-state index contributed by atoms with van der Waals surface area (Å²) in [5.74, 6) is -0.115. The standard InChI is InChI=1S/C28H24N2O2S2/c31-27(19-21-11-3-1-4-12-21)29-23-15-7-9-17-25(23)33-34-26-18-10-8-16-24(26)30-28(32)20-22-13-5-2-6-14-22/h1-18H,19-20H2,(H,29,31)(H,30,32). The second-order valence-corrected chi connectivity index (χ2v) is 9.79. The van der Waals surface area contributed by atoms with Crippen LogP contribution in [0.3, 0.4) is 0 Å². The Labute approximate surface area is 207 Å². The number of carbonyl (C=O) groups is 2. The number of rotatable bonds is 9. The van der Waals surface area contributed by atoms with Crippen molar-refractivity contribution in [3.05, 3.63) is 120 Å². The molecule has 4 nitrogen and oxygen atoms in total. The maximum Gasteiger partial charge on any atom is 0.228 e. The lowest BCUT2D eigenvalue weighted by atomic mass is 10.1. The first-order valence-corrected chi connectivity index (χ1v) is 13.0. The highest BCUT2D eigenvalue weighted by Gasteiger charge is 2.12. The lowest BCUT2D eigenvalue weighted by molar-refractivity contribution is -0.116. The number of carbonyl (C=O) groups excluding carboxylic acids is 2. The first-order chi connectivity index (χ1) is 16.7. The topological polar surface area (TPSA) is 58.2 Å². The largest absolute Gasteiger partial charge is 0.325 e. The van der Waals surface area contributed by atoms with Crippen molar-refractivity contribution in [3.63, 3.8) is 0 Å². The minimum Gasteiger partial charge on any atom is -0.325 e. The van der Waals surface area contributed by atoms with Crippen molar-refractivity contribution in [2.75, 3.05) is 10.6 Å². The van der Waals surface area contributed by atoms with E-state index in [-0.39, 0.29) is 11.8 Å². The van der Waals surface area contributed by atoms with Crippen LogP contribution >= 0.6 is 21.6 Å². The molecule has 0 atom stereocenters. The molecule has 4 rings (SSSR count). The minimum atomic E-state index is -0.0576. The Bertz CT molecular complexity index is 1150. The molecule has 4 aromatic rings. The quantitative estimate of drug-likeness (QED) is 0.255. The molecule has 0 aromatic heterocycles. The van der Waals surface area contributed by atoms with Gasteiger partial charge in [0.25, 0.3) is 0 Å². The van der Waals surface area contributed by atoms with Crippen LogP contribution in [-0.2, 0) is 22.4 Å². The van der Waals surface area contributed by atoms with E-state index < -0.39 is 0 Å². The molecule has 34 heavy (non-hydrogen) atoms. The number of hydrogen-bond acceptors (Lipinski definition) is 4. The normalized spacial score (nSPS) is 10.5. The van der Waals surface area contributed by atoms with Crippen molar-refractivity contribution >= 4 is 44.8 Å². The SMILES string of the molecule is O=C(Cc1ccccc1)Nc1ccccc1SSc1ccccc1NC(=O)Cc1ccccc1. The average Bonchev–Trinajstić information content (AvgIpc) is 2.85. The van der Waals surface area contributed by atoms with Gasteiger partial charge in [0.15, 0.2) is 0 Å². The summed E-state index contributed by atoms with van der Waals surface area (Å²) in [6, 6.07) is 34.8. The van der Waals surface area contributed by atoms with E-state index >= 15 is 0 Å². The Hall–Kier alpha value is -3.48. The molecule has 0 saturated heterocycles. The summed E-state index contributed by atoms with van der Waals surface area (Å²) in [6.45, 7) is 0. The highest BCUT2D eigenvalue weighted by Crippen LogP contribution is 2.43. The van der Waals surface area contributed by atoms with Gasteiger partial charge in [-0.3, -0.25) is 9.59 Å². The molecule has 0 fully saturated rings. The fourth-order valence-corrected chi connectivity index (χ4v) is 5.60. The van der Waals surface area contributed by atoms with Crippen LogP contribution in [0.4, 0.5) is 11.4 Å². The maximum absolute atomic E-state index is 12.6. The lowest BCUT2D eigenvalue weighted by Crippen LogP contribution is -2.15. The van der Waals surface area contributed by atoms with Crippen LogP contribution in [0.1, 0.15) is 11.1 Å². The van der Waals surface area contributed by atoms with Gasteiger partial charge < -0.3 is 10.6 Å². The van der Waals surface area contributed by atoms with Crippen molar-refractivity contribution in [1.29, 1.82) is 0 Å². The molecule has 0 unspecified atom stereocenters. The minimum absolute atomic E-state index is 0.0576. The van der Waals surface area contributed by atoms with Crippen LogP contribution in [0.15, 0.2) is 119 Å². The molecule has 170 valence electrons. The fraction of sp³-hybridized carbons (Fsp3) is 0.0714. The third-order valence-electron chi connectivity index (χ3n) is 4.96. The Kier molecular flexibility index (Phi) is 8.43. The van der Waals surface area contributed by atoms with Gasteiger partial charge in [0.2, 0.25) is 11.8 Å². The van der Waals surface area contributed by atoms with E-state index in [1.54, 1.807) is 21.6 Å². The smallest absolute Gasteiger partial charge is 0.228 e. The van der Waals surface area contributed by atoms with Crippen LogP contribution < -0.4 is 10.6 Å². The number of para-hydroxylation sites is 2. The summed E-state index contributed by atoms with van der Waals surface area (Å²) in [5, 5.41) is 6.05. The van der Waals surface area contributed by atoms with Crippen LogP contribution in [0.5, 0.6) is 0 Å². The summed E-state index contributed by atoms with van der Waals surface area (Å²) in [5.41, 5.74) is 3.48. The Morgan fingerprint density at radius 1 is 0.500 bits per heavy atom. The first-order valence-electron chi connectivity index (χ1n) is 10.9. The van der Waals surface area contributed by atoms with Crippen LogP contribution in [0.2, 0.25) is 0 Å². The van der Waals surface area contributed by atoms with Crippen LogP contribution in [-0.4, -0.2) is 11.8 Å². The molecule has 2 N–H and O–H groups in total. The van der Waals surface area contributed by atoms with E-state index in [2.05, 4.69) is 10.6 Å². The molecule has 0 spiro atoms. The maximum atomic E-state index is 12.6. The highest BCUT2D eigenvalue weighted by molar-refractivity contribution is 8.76. The van der Waals surface area contributed by atoms with Gasteiger partial charge in [-0.15, -0.1) is 0 Å². The molecule has 0 aliphatic heterocycles. The molecule has 0 saturated carbocycles. The summed E-state index contributed by atoms with van der Waals surface area (Å²) < 4.78 is 0. The van der Waals surface area contributed by atoms with Gasteiger partial charge in [0.05, 0.1) is 24.2 Å². The van der Waals surface area contributed by atoms with Crippen molar-refractivity contribution in [1.82, 2.24) is 0 Å². The third-order valence-corrected chi connectivity index (χ3v) is 7.44. The summed E-state index contributed by atoms with van der Waals surface area (Å²) in [4.78, 5) is 27.0. The second-order valence-electron chi connectivity index (χ2n) is 7.58. The van der Waals surface area contributed by atoms with E-state index in [9.17, 15) is 9.59 Å². The van der Waals surface area contributed by atoms with Crippen molar-refractivity contribution in [3.8, 4) is 0 Å². The van der Waals surface area contributed by atoms with Crippen LogP contribution in [0.25, 0.3) is 0 Å². The van der Waals surface area contributed by atoms with Crippen molar-refractivity contribution in [2.24, 2.45) is 0 Å². The van der Waals surface area contributed by atoms with E-state index in [0.29, 0.717) is 12.8 Å². The number of amides is 2. The van der Waals surface area contributed by atoms with Gasteiger partial charge in [0.1, 0.15) is 0 Å². The van der Waals surface area contributed by atoms with Gasteiger partial charge in [-0.1, -0.05) is 107 Å². The predicted molar refractivity (Wildman–Crippen MR) is 142 cm³/mol. The molecular weight excluding hydrogens is 460 g/mol. The number of nitrogens with one attached hydrogen (secondary N) is 2. The molecular formula is C28H24N2O2S2. The van der Waals surface area contributed by atoms with Gasteiger partial charge in [0, 0.05) is 9.79 Å². The van der Waals surface area contributed by atoms with E-state index in [1.165, 1.54) is 0 Å². The summed E-state index contributed by atoms with van der Waals surface area (Å²) >= 11 is 0. The highest BCUT2D eigenvalue weighted by atomic mass is 33.1. The van der Waals surface area contributed by atoms with Gasteiger partial charge in [-0.25, -0.2) is 0 Å². The molecule has 2 amide bonds. The number of hydrogen-bond donors (Lipinski definition) is 2. The van der Waals surface area contributed by atoms with Crippen molar-refractivity contribution in [2.45, 2.75) is 22.6 Å². The molecule has 0 aliphatic rings. The number of benzene rings is 4. The Morgan fingerprint density at radius 2 is 0.853 bits per heavy atom. The predicted octanol–water partition coefficient (Wildman–Crippen LogP) is 6.85. The zero-order chi connectivity index (χ0) is 23.6. The lowest BCUT2D eigenvalue weighted by Gasteiger charge is -2.13. The monoisotopic (exact) mass is 484 g/mol. The van der Waals surface area contributed by atoms with Gasteiger partial charge >= 0.3 is 0 Å². The van der Waals surface area contributed by atoms with Crippen molar-refractivity contribution < 1.29 is 9.59 Å². The molecule has 4 aromatic carbocycles. The molecule has 6 heteroatoms. The fourth-order valence-electron chi connectivity index (χ4n) is 3.33. The molecule has 0 radical (unpaired) electrons. The van der Waals surface area contributed by atoms with E-state index in [4.69, 9.17) is 0 Å². The Morgan fingerprint density at radius 3 is 1.26 bits per heavy atom. The van der Waals surface area contributed by atoms with E-state index in [0.717, 1.165) is 32.3 Å². The van der Waals surface area contributed by atoms with Gasteiger partial charge in [-0.05, 0) is 35.4 Å². The van der Waals surface area contributed by atoms with E-state index in [1.807, 2.05) is 109 Å². The first kappa shape index (κ1) is 23.7. The average molecular weight is 485 g/mol. The zero-order valence-electron chi connectivity index (χ0n) is 18.4. The third kappa shape index (κ3) is 7.01. The molecule has 0 heterocycles. The number of anilines is 2. The molecule has 0 bridgehead atoms. The zero-order valence-corrected chi connectivity index (χ0v) is 20.1. The van der Waals surface area contributed by atoms with Crippen LogP contribution in [0, 0.1) is 0 Å². The summed E-state index contributed by atoms with van der Waals surface area (Å²) in [7, 11) is 3.09. The summed E-state index contributed by atoms with van der Waals surface area (Å²) in [6.07, 6.45) is 0.645.